The Hall–Kier alpha value is -2.88. The summed E-state index contributed by atoms with van der Waals surface area (Å²) < 4.78 is 0. The number of aromatic nitrogens is 1. The molecule has 22 heavy (non-hydrogen) atoms. The van der Waals surface area contributed by atoms with Gasteiger partial charge in [0.1, 0.15) is 11.4 Å². The van der Waals surface area contributed by atoms with Crippen molar-refractivity contribution in [2.75, 3.05) is 5.32 Å². The molecule has 0 bridgehead atoms. The number of carbonyl (C=O) groups is 1. The molecule has 1 unspecified atom stereocenters. The molecule has 0 saturated carbocycles. The predicted molar refractivity (Wildman–Crippen MR) is 87.2 cm³/mol. The Kier molecular flexibility index (Phi) is 3.74. The van der Waals surface area contributed by atoms with Gasteiger partial charge in [-0.25, -0.2) is 9.78 Å². The first kappa shape index (κ1) is 14.1. The van der Waals surface area contributed by atoms with Gasteiger partial charge in [0.2, 0.25) is 0 Å². The number of aromatic carboxylic acids is 1. The van der Waals surface area contributed by atoms with Crippen LogP contribution < -0.4 is 5.32 Å². The summed E-state index contributed by atoms with van der Waals surface area (Å²) in [4.78, 5) is 15.4. The molecule has 1 aromatic heterocycles. The first-order valence-electron chi connectivity index (χ1n) is 7.09. The van der Waals surface area contributed by atoms with E-state index >= 15 is 0 Å². The van der Waals surface area contributed by atoms with Gasteiger partial charge in [0.05, 0.1) is 6.04 Å². The van der Waals surface area contributed by atoms with E-state index in [1.807, 2.05) is 31.2 Å². The SMILES string of the molecule is CC(Nc1ncccc1C(=O)O)c1cccc2ccccc12. The standard InChI is InChI=1S/C18H16N2O2/c1-12(20-17-16(18(21)22)10-5-11-19-17)14-9-4-7-13-6-2-3-8-15(13)14/h2-12H,1H3,(H,19,20)(H,21,22). The molecule has 0 aliphatic heterocycles. The summed E-state index contributed by atoms with van der Waals surface area (Å²) in [5, 5.41) is 14.8. The molecule has 110 valence electrons. The van der Waals surface area contributed by atoms with E-state index in [4.69, 9.17) is 0 Å². The second kappa shape index (κ2) is 5.85. The molecule has 0 aliphatic rings. The average Bonchev–Trinajstić information content (AvgIpc) is 2.54. The molecule has 0 saturated heterocycles. The molecule has 0 aliphatic carbocycles. The van der Waals surface area contributed by atoms with Gasteiger partial charge in [-0.3, -0.25) is 0 Å². The molecule has 0 radical (unpaired) electrons. The zero-order valence-corrected chi connectivity index (χ0v) is 12.2. The molecule has 0 spiro atoms. The van der Waals surface area contributed by atoms with Gasteiger partial charge in [-0.05, 0) is 35.4 Å². The van der Waals surface area contributed by atoms with Gasteiger partial charge in [0.15, 0.2) is 0 Å². The molecule has 2 aromatic carbocycles. The van der Waals surface area contributed by atoms with Gasteiger partial charge < -0.3 is 10.4 Å². The summed E-state index contributed by atoms with van der Waals surface area (Å²) in [7, 11) is 0. The van der Waals surface area contributed by atoms with Gasteiger partial charge in [-0.1, -0.05) is 42.5 Å². The van der Waals surface area contributed by atoms with Crippen LogP contribution >= 0.6 is 0 Å². The molecule has 4 nitrogen and oxygen atoms in total. The number of nitrogens with zero attached hydrogens (tertiary/aromatic N) is 1. The summed E-state index contributed by atoms with van der Waals surface area (Å²) in [5.41, 5.74) is 1.29. The third-order valence-corrected chi connectivity index (χ3v) is 3.68. The van der Waals surface area contributed by atoms with Crippen molar-refractivity contribution in [2.45, 2.75) is 13.0 Å². The lowest BCUT2D eigenvalue weighted by Crippen LogP contribution is -2.12. The number of hydrogen-bond donors (Lipinski definition) is 2. The van der Waals surface area contributed by atoms with Gasteiger partial charge in [-0.15, -0.1) is 0 Å². The topological polar surface area (TPSA) is 62.2 Å². The van der Waals surface area contributed by atoms with E-state index in [2.05, 4.69) is 28.5 Å². The fraction of sp³-hybridized carbons (Fsp3) is 0.111. The Bertz CT molecular complexity index is 825. The number of hydrogen-bond acceptors (Lipinski definition) is 3. The highest BCUT2D eigenvalue weighted by Crippen LogP contribution is 2.27. The minimum atomic E-state index is -0.985. The Balaban J connectivity index is 1.98. The van der Waals surface area contributed by atoms with E-state index in [1.54, 1.807) is 18.3 Å². The molecule has 4 heteroatoms. The van der Waals surface area contributed by atoms with Crippen LogP contribution in [0.1, 0.15) is 28.9 Å². The predicted octanol–water partition coefficient (Wildman–Crippen LogP) is 4.11. The van der Waals surface area contributed by atoms with Crippen LogP contribution in [0.5, 0.6) is 0 Å². The monoisotopic (exact) mass is 292 g/mol. The fourth-order valence-electron chi connectivity index (χ4n) is 2.60. The highest BCUT2D eigenvalue weighted by Gasteiger charge is 2.15. The maximum absolute atomic E-state index is 11.3. The maximum atomic E-state index is 11.3. The van der Waals surface area contributed by atoms with E-state index in [0.29, 0.717) is 5.82 Å². The van der Waals surface area contributed by atoms with Crippen molar-refractivity contribution in [3.63, 3.8) is 0 Å². The molecule has 0 fully saturated rings. The maximum Gasteiger partial charge on any atom is 0.339 e. The fourth-order valence-corrected chi connectivity index (χ4v) is 2.60. The smallest absolute Gasteiger partial charge is 0.339 e. The zero-order chi connectivity index (χ0) is 15.5. The van der Waals surface area contributed by atoms with Crippen molar-refractivity contribution in [2.24, 2.45) is 0 Å². The molecular formula is C18H16N2O2. The van der Waals surface area contributed by atoms with E-state index in [-0.39, 0.29) is 11.6 Å². The Morgan fingerprint density at radius 1 is 1.09 bits per heavy atom. The van der Waals surface area contributed by atoms with E-state index in [9.17, 15) is 9.90 Å². The van der Waals surface area contributed by atoms with E-state index < -0.39 is 5.97 Å². The zero-order valence-electron chi connectivity index (χ0n) is 12.2. The van der Waals surface area contributed by atoms with Gasteiger partial charge in [0.25, 0.3) is 0 Å². The van der Waals surface area contributed by atoms with Crippen molar-refractivity contribution in [1.29, 1.82) is 0 Å². The highest BCUT2D eigenvalue weighted by molar-refractivity contribution is 5.93. The number of nitrogens with one attached hydrogen (secondary N) is 1. The number of fused-ring (bicyclic) bond motifs is 1. The summed E-state index contributed by atoms with van der Waals surface area (Å²) in [6.07, 6.45) is 1.59. The molecule has 3 aromatic rings. The van der Waals surface area contributed by atoms with Crippen molar-refractivity contribution >= 4 is 22.6 Å². The third-order valence-electron chi connectivity index (χ3n) is 3.68. The highest BCUT2D eigenvalue weighted by atomic mass is 16.4. The van der Waals surface area contributed by atoms with Crippen LogP contribution in [0, 0.1) is 0 Å². The molecule has 0 amide bonds. The molecule has 2 N–H and O–H groups in total. The van der Waals surface area contributed by atoms with Crippen LogP contribution in [0.15, 0.2) is 60.8 Å². The van der Waals surface area contributed by atoms with Crippen LogP contribution in [0.25, 0.3) is 10.8 Å². The molecule has 1 heterocycles. The summed E-state index contributed by atoms with van der Waals surface area (Å²) >= 11 is 0. The van der Waals surface area contributed by atoms with Gasteiger partial charge in [-0.2, -0.15) is 0 Å². The van der Waals surface area contributed by atoms with Crippen molar-refractivity contribution in [1.82, 2.24) is 4.98 Å². The first-order valence-corrected chi connectivity index (χ1v) is 7.09. The number of pyridine rings is 1. The van der Waals surface area contributed by atoms with Crippen LogP contribution in [0.3, 0.4) is 0 Å². The van der Waals surface area contributed by atoms with Gasteiger partial charge in [0, 0.05) is 6.20 Å². The van der Waals surface area contributed by atoms with Crippen molar-refractivity contribution in [3.05, 3.63) is 71.9 Å². The first-order chi connectivity index (χ1) is 10.7. The van der Waals surface area contributed by atoms with Crippen molar-refractivity contribution < 1.29 is 9.90 Å². The average molecular weight is 292 g/mol. The number of carboxylic acids is 1. The normalized spacial score (nSPS) is 12.0. The number of anilines is 1. The van der Waals surface area contributed by atoms with Crippen LogP contribution in [0.4, 0.5) is 5.82 Å². The summed E-state index contributed by atoms with van der Waals surface area (Å²) in [5.74, 6) is -0.601. The lowest BCUT2D eigenvalue weighted by atomic mass is 9.99. The third kappa shape index (κ3) is 2.63. The second-order valence-electron chi connectivity index (χ2n) is 5.14. The Morgan fingerprint density at radius 3 is 2.68 bits per heavy atom. The van der Waals surface area contributed by atoms with Crippen LogP contribution in [-0.2, 0) is 0 Å². The Morgan fingerprint density at radius 2 is 1.86 bits per heavy atom. The van der Waals surface area contributed by atoms with E-state index in [0.717, 1.165) is 16.3 Å². The number of carboxylic acid groups (broad SMARTS) is 1. The minimum absolute atomic E-state index is 0.0564. The van der Waals surface area contributed by atoms with Crippen molar-refractivity contribution in [3.8, 4) is 0 Å². The largest absolute Gasteiger partial charge is 0.478 e. The minimum Gasteiger partial charge on any atom is -0.478 e. The second-order valence-corrected chi connectivity index (χ2v) is 5.14. The lowest BCUT2D eigenvalue weighted by molar-refractivity contribution is 0.0697. The molecule has 3 rings (SSSR count). The lowest BCUT2D eigenvalue weighted by Gasteiger charge is -2.18. The van der Waals surface area contributed by atoms with Gasteiger partial charge >= 0.3 is 5.97 Å². The molecular weight excluding hydrogens is 276 g/mol. The summed E-state index contributed by atoms with van der Waals surface area (Å²) in [6, 6.07) is 17.4. The Labute approximate surface area is 128 Å². The van der Waals surface area contributed by atoms with Crippen LogP contribution in [-0.4, -0.2) is 16.1 Å². The summed E-state index contributed by atoms with van der Waals surface area (Å²) in [6.45, 7) is 2.00. The van der Waals surface area contributed by atoms with Crippen LogP contribution in [0.2, 0.25) is 0 Å². The molecule has 1 atom stereocenters. The van der Waals surface area contributed by atoms with E-state index in [1.165, 1.54) is 0 Å². The number of benzene rings is 2. The quantitative estimate of drug-likeness (QED) is 0.759. The number of rotatable bonds is 4.